The van der Waals surface area contributed by atoms with Crippen LogP contribution in [0.3, 0.4) is 0 Å². The third-order valence-corrected chi connectivity index (χ3v) is 1.17. The summed E-state index contributed by atoms with van der Waals surface area (Å²) < 4.78 is 12.6. The third-order valence-electron chi connectivity index (χ3n) is 1.17. The Morgan fingerprint density at radius 1 is 1.50 bits per heavy atom. The maximum Gasteiger partial charge on any atom is 0.219 e. The number of hydrogen-bond acceptors (Lipinski definition) is 3. The molecule has 3 nitrogen and oxygen atoms in total. The van der Waals surface area contributed by atoms with Gasteiger partial charge in [-0.1, -0.05) is 0 Å². The van der Waals surface area contributed by atoms with E-state index in [0.29, 0.717) is 5.56 Å². The van der Waals surface area contributed by atoms with Gasteiger partial charge in [0.25, 0.3) is 0 Å². The van der Waals surface area contributed by atoms with Crippen molar-refractivity contribution in [1.29, 1.82) is 0 Å². The number of aromatic nitrogens is 1. The van der Waals surface area contributed by atoms with Crippen LogP contribution in [0.2, 0.25) is 0 Å². The minimum absolute atomic E-state index is 0.152. The lowest BCUT2D eigenvalue weighted by Crippen LogP contribution is -2.03. The predicted octanol–water partition coefficient (Wildman–Crippen LogP) is 0.262. The number of nitrogens with zero attached hydrogens (tertiary/aromatic N) is 1. The Bertz CT molecular complexity index is 236. The third kappa shape index (κ3) is 1.22. The van der Waals surface area contributed by atoms with Crippen LogP contribution in [0.25, 0.3) is 0 Å². The fourth-order valence-electron chi connectivity index (χ4n) is 0.629. The maximum absolute atomic E-state index is 12.6. The van der Waals surface area contributed by atoms with Gasteiger partial charge in [0.15, 0.2) is 0 Å². The Balaban J connectivity index is 3.07. The first-order chi connectivity index (χ1) is 4.74. The normalized spacial score (nSPS) is 9.80. The zero-order valence-electron chi connectivity index (χ0n) is 5.34. The molecule has 0 aromatic carbocycles. The van der Waals surface area contributed by atoms with Crippen LogP contribution < -0.4 is 11.5 Å². The molecule has 4 heteroatoms. The summed E-state index contributed by atoms with van der Waals surface area (Å²) in [4.78, 5) is 3.38. The van der Waals surface area contributed by atoms with Crippen molar-refractivity contribution < 1.29 is 4.39 Å². The van der Waals surface area contributed by atoms with Crippen LogP contribution in [0.5, 0.6) is 0 Å². The van der Waals surface area contributed by atoms with Gasteiger partial charge in [-0.2, -0.15) is 4.39 Å². The molecular weight excluding hydrogens is 133 g/mol. The van der Waals surface area contributed by atoms with Crippen LogP contribution in [0.15, 0.2) is 12.1 Å². The Kier molecular flexibility index (Phi) is 1.82. The minimum Gasteiger partial charge on any atom is -0.384 e. The largest absolute Gasteiger partial charge is 0.384 e. The highest BCUT2D eigenvalue weighted by Crippen LogP contribution is 2.05. The molecule has 0 spiro atoms. The van der Waals surface area contributed by atoms with Crippen molar-refractivity contribution in [2.24, 2.45) is 5.73 Å². The quantitative estimate of drug-likeness (QED) is 0.551. The number of hydrogen-bond donors (Lipinski definition) is 2. The summed E-state index contributed by atoms with van der Waals surface area (Å²) in [6.07, 6.45) is 0. The summed E-state index contributed by atoms with van der Waals surface area (Å²) in [6.45, 7) is 0.152. The monoisotopic (exact) mass is 141 g/mol. The van der Waals surface area contributed by atoms with E-state index >= 15 is 0 Å². The molecule has 0 radical (unpaired) electrons. The molecule has 0 aliphatic carbocycles. The SMILES string of the molecule is NCc1ccc(N)nc1F. The van der Waals surface area contributed by atoms with Gasteiger partial charge in [-0.25, -0.2) is 4.98 Å². The van der Waals surface area contributed by atoms with Gasteiger partial charge in [0.1, 0.15) is 5.82 Å². The lowest BCUT2D eigenvalue weighted by atomic mass is 10.3. The summed E-state index contributed by atoms with van der Waals surface area (Å²) in [5, 5.41) is 0. The van der Waals surface area contributed by atoms with Gasteiger partial charge in [0.2, 0.25) is 5.95 Å². The van der Waals surface area contributed by atoms with Gasteiger partial charge in [0.05, 0.1) is 0 Å². The number of anilines is 1. The Morgan fingerprint density at radius 2 is 2.20 bits per heavy atom. The van der Waals surface area contributed by atoms with Crippen molar-refractivity contribution in [3.05, 3.63) is 23.6 Å². The molecule has 54 valence electrons. The number of pyridine rings is 1. The van der Waals surface area contributed by atoms with Crippen molar-refractivity contribution in [2.45, 2.75) is 6.54 Å². The number of nitrogen functional groups attached to an aromatic ring is 1. The first kappa shape index (κ1) is 6.95. The van der Waals surface area contributed by atoms with Gasteiger partial charge in [-0.3, -0.25) is 0 Å². The van der Waals surface area contributed by atoms with Crippen molar-refractivity contribution in [1.82, 2.24) is 4.98 Å². The number of rotatable bonds is 1. The minimum atomic E-state index is -0.581. The zero-order valence-corrected chi connectivity index (χ0v) is 5.34. The number of nitrogens with two attached hydrogens (primary N) is 2. The standard InChI is InChI=1S/C6H8FN3/c7-6-4(3-8)1-2-5(9)10-6/h1-2H,3,8H2,(H2,9,10). The molecule has 0 aliphatic heterocycles. The molecule has 0 unspecified atom stereocenters. The van der Waals surface area contributed by atoms with Gasteiger partial charge < -0.3 is 11.5 Å². The van der Waals surface area contributed by atoms with E-state index in [9.17, 15) is 4.39 Å². The summed E-state index contributed by atoms with van der Waals surface area (Å²) in [5.41, 5.74) is 10.8. The molecule has 0 saturated carbocycles. The molecule has 0 bridgehead atoms. The maximum atomic E-state index is 12.6. The van der Waals surface area contributed by atoms with E-state index < -0.39 is 5.95 Å². The van der Waals surface area contributed by atoms with E-state index in [1.165, 1.54) is 12.1 Å². The lowest BCUT2D eigenvalue weighted by Gasteiger charge is -1.97. The van der Waals surface area contributed by atoms with Gasteiger partial charge in [0, 0.05) is 12.1 Å². The van der Waals surface area contributed by atoms with Gasteiger partial charge in [-0.05, 0) is 12.1 Å². The highest BCUT2D eigenvalue weighted by atomic mass is 19.1. The molecule has 4 N–H and O–H groups in total. The van der Waals surface area contributed by atoms with E-state index in [4.69, 9.17) is 11.5 Å². The van der Waals surface area contributed by atoms with Crippen LogP contribution in [-0.2, 0) is 6.54 Å². The van der Waals surface area contributed by atoms with E-state index in [2.05, 4.69) is 4.98 Å². The average molecular weight is 141 g/mol. The molecular formula is C6H8FN3. The van der Waals surface area contributed by atoms with E-state index in [1.54, 1.807) is 0 Å². The van der Waals surface area contributed by atoms with Crippen molar-refractivity contribution in [3.63, 3.8) is 0 Å². The molecule has 0 amide bonds. The topological polar surface area (TPSA) is 64.9 Å². The fourth-order valence-corrected chi connectivity index (χ4v) is 0.629. The van der Waals surface area contributed by atoms with Crippen molar-refractivity contribution in [2.75, 3.05) is 5.73 Å². The molecule has 0 atom stereocenters. The molecule has 1 aromatic rings. The zero-order chi connectivity index (χ0) is 7.56. The van der Waals surface area contributed by atoms with Crippen LogP contribution in [0, 0.1) is 5.95 Å². The summed E-state index contributed by atoms with van der Waals surface area (Å²) in [6, 6.07) is 3.04. The summed E-state index contributed by atoms with van der Waals surface area (Å²) in [7, 11) is 0. The van der Waals surface area contributed by atoms with E-state index in [0.717, 1.165) is 0 Å². The molecule has 1 aromatic heterocycles. The molecule has 1 heterocycles. The lowest BCUT2D eigenvalue weighted by molar-refractivity contribution is 0.569. The molecule has 0 fully saturated rings. The highest BCUT2D eigenvalue weighted by molar-refractivity contribution is 5.29. The van der Waals surface area contributed by atoms with Crippen LogP contribution in [-0.4, -0.2) is 4.98 Å². The van der Waals surface area contributed by atoms with E-state index in [1.807, 2.05) is 0 Å². The fraction of sp³-hybridized carbons (Fsp3) is 0.167. The Morgan fingerprint density at radius 3 is 2.70 bits per heavy atom. The Hall–Kier alpha value is -1.16. The summed E-state index contributed by atoms with van der Waals surface area (Å²) in [5.74, 6) is -0.405. The van der Waals surface area contributed by atoms with Gasteiger partial charge in [-0.15, -0.1) is 0 Å². The second kappa shape index (κ2) is 2.62. The van der Waals surface area contributed by atoms with Crippen LogP contribution >= 0.6 is 0 Å². The highest BCUT2D eigenvalue weighted by Gasteiger charge is 1.99. The summed E-state index contributed by atoms with van der Waals surface area (Å²) >= 11 is 0. The smallest absolute Gasteiger partial charge is 0.219 e. The van der Waals surface area contributed by atoms with Crippen molar-refractivity contribution >= 4 is 5.82 Å². The second-order valence-electron chi connectivity index (χ2n) is 1.89. The number of halogens is 1. The molecule has 1 rings (SSSR count). The first-order valence-corrected chi connectivity index (χ1v) is 2.85. The predicted molar refractivity (Wildman–Crippen MR) is 36.5 cm³/mol. The molecule has 0 saturated heterocycles. The first-order valence-electron chi connectivity index (χ1n) is 2.85. The van der Waals surface area contributed by atoms with Crippen molar-refractivity contribution in [3.8, 4) is 0 Å². The second-order valence-corrected chi connectivity index (χ2v) is 1.89. The van der Waals surface area contributed by atoms with E-state index in [-0.39, 0.29) is 12.4 Å². The molecule has 0 aliphatic rings. The van der Waals surface area contributed by atoms with Crippen LogP contribution in [0.1, 0.15) is 5.56 Å². The Labute approximate surface area is 57.9 Å². The average Bonchev–Trinajstić information content (AvgIpc) is 1.88. The van der Waals surface area contributed by atoms with Gasteiger partial charge >= 0.3 is 0 Å². The van der Waals surface area contributed by atoms with Crippen LogP contribution in [0.4, 0.5) is 10.2 Å². The molecule has 10 heavy (non-hydrogen) atoms.